The molecule has 2 nitrogen and oxygen atoms in total. The monoisotopic (exact) mass is 164 g/mol. The Hall–Kier alpha value is -1.05. The highest BCUT2D eigenvalue weighted by Crippen LogP contribution is 2.44. The first-order chi connectivity index (χ1) is 5.68. The van der Waals surface area contributed by atoms with E-state index in [0.717, 1.165) is 6.42 Å². The highest BCUT2D eigenvalue weighted by Gasteiger charge is 2.40. The summed E-state index contributed by atoms with van der Waals surface area (Å²) in [4.78, 5) is 10.7. The van der Waals surface area contributed by atoms with Crippen molar-refractivity contribution >= 4 is 5.97 Å². The van der Waals surface area contributed by atoms with Crippen LogP contribution in [-0.2, 0) is 9.53 Å². The molecule has 0 aromatic heterocycles. The van der Waals surface area contributed by atoms with E-state index in [1.165, 1.54) is 12.5 Å². The van der Waals surface area contributed by atoms with E-state index in [9.17, 15) is 4.79 Å². The van der Waals surface area contributed by atoms with Crippen molar-refractivity contribution in [1.29, 1.82) is 0 Å². The molecule has 0 radical (unpaired) electrons. The number of ether oxygens (including phenoxy) is 1. The van der Waals surface area contributed by atoms with Gasteiger partial charge in [-0.05, 0) is 6.42 Å². The summed E-state index contributed by atoms with van der Waals surface area (Å²) in [6.45, 7) is 5.44. The van der Waals surface area contributed by atoms with Crippen LogP contribution in [0.1, 0.15) is 13.3 Å². The van der Waals surface area contributed by atoms with Gasteiger partial charge in [-0.1, -0.05) is 24.3 Å². The summed E-state index contributed by atoms with van der Waals surface area (Å²) in [5.74, 6) is 0.562. The Kier molecular flexibility index (Phi) is 1.56. The molecule has 0 spiro atoms. The van der Waals surface area contributed by atoms with E-state index in [2.05, 4.69) is 18.7 Å². The fourth-order valence-corrected chi connectivity index (χ4v) is 2.07. The van der Waals surface area contributed by atoms with Gasteiger partial charge in [0.25, 0.3) is 0 Å². The molecule has 0 unspecified atom stereocenters. The van der Waals surface area contributed by atoms with Crippen molar-refractivity contribution in [2.24, 2.45) is 11.8 Å². The SMILES string of the molecule is C=C1[C@@H]2C=C[C@H]1[C@@H](OC(C)=O)C2. The molecular weight excluding hydrogens is 152 g/mol. The molecule has 0 amide bonds. The summed E-state index contributed by atoms with van der Waals surface area (Å²) >= 11 is 0. The van der Waals surface area contributed by atoms with Crippen LogP contribution in [0.5, 0.6) is 0 Å². The molecule has 0 saturated heterocycles. The van der Waals surface area contributed by atoms with Gasteiger partial charge >= 0.3 is 5.97 Å². The van der Waals surface area contributed by atoms with E-state index in [-0.39, 0.29) is 12.1 Å². The van der Waals surface area contributed by atoms with Crippen LogP contribution in [0.2, 0.25) is 0 Å². The van der Waals surface area contributed by atoms with Gasteiger partial charge in [-0.25, -0.2) is 0 Å². The minimum absolute atomic E-state index is 0.0602. The predicted molar refractivity (Wildman–Crippen MR) is 45.4 cm³/mol. The van der Waals surface area contributed by atoms with Gasteiger partial charge in [0.05, 0.1) is 0 Å². The number of esters is 1. The smallest absolute Gasteiger partial charge is 0.302 e. The molecule has 1 fully saturated rings. The second-order valence-electron chi connectivity index (χ2n) is 3.48. The quantitative estimate of drug-likeness (QED) is 0.435. The van der Waals surface area contributed by atoms with Gasteiger partial charge in [-0.3, -0.25) is 4.79 Å². The molecule has 0 aromatic rings. The van der Waals surface area contributed by atoms with Crippen molar-refractivity contribution in [2.75, 3.05) is 0 Å². The van der Waals surface area contributed by atoms with Gasteiger partial charge in [0, 0.05) is 18.8 Å². The number of fused-ring (bicyclic) bond motifs is 2. The Balaban J connectivity index is 2.09. The number of carbonyl (C=O) groups excluding carboxylic acids is 1. The van der Waals surface area contributed by atoms with E-state index in [0.29, 0.717) is 11.8 Å². The molecule has 12 heavy (non-hydrogen) atoms. The Bertz CT molecular complexity index is 265. The maximum absolute atomic E-state index is 10.7. The number of rotatable bonds is 1. The van der Waals surface area contributed by atoms with E-state index >= 15 is 0 Å². The van der Waals surface area contributed by atoms with Crippen molar-refractivity contribution in [3.8, 4) is 0 Å². The second-order valence-corrected chi connectivity index (χ2v) is 3.48. The van der Waals surface area contributed by atoms with Crippen molar-refractivity contribution in [3.63, 3.8) is 0 Å². The van der Waals surface area contributed by atoms with Gasteiger partial charge in [-0.15, -0.1) is 0 Å². The lowest BCUT2D eigenvalue weighted by atomic mass is 10.0. The van der Waals surface area contributed by atoms with Crippen molar-refractivity contribution < 1.29 is 9.53 Å². The van der Waals surface area contributed by atoms with Crippen LogP contribution in [-0.4, -0.2) is 12.1 Å². The molecular formula is C10H12O2. The first kappa shape index (κ1) is 7.59. The van der Waals surface area contributed by atoms with E-state index in [1.54, 1.807) is 0 Å². The van der Waals surface area contributed by atoms with Gasteiger partial charge in [-0.2, -0.15) is 0 Å². The lowest BCUT2D eigenvalue weighted by Gasteiger charge is -2.16. The van der Waals surface area contributed by atoms with Crippen LogP contribution >= 0.6 is 0 Å². The van der Waals surface area contributed by atoms with Crippen LogP contribution in [0.15, 0.2) is 24.3 Å². The molecule has 0 aliphatic heterocycles. The fraction of sp³-hybridized carbons (Fsp3) is 0.500. The number of hydrogen-bond acceptors (Lipinski definition) is 2. The van der Waals surface area contributed by atoms with Gasteiger partial charge in [0.2, 0.25) is 0 Å². The summed E-state index contributed by atoms with van der Waals surface area (Å²) < 4.78 is 5.16. The third-order valence-electron chi connectivity index (χ3n) is 2.66. The van der Waals surface area contributed by atoms with Crippen molar-refractivity contribution in [2.45, 2.75) is 19.4 Å². The maximum atomic E-state index is 10.7. The molecule has 2 aliphatic rings. The summed E-state index contributed by atoms with van der Waals surface area (Å²) in [5, 5.41) is 0. The first-order valence-electron chi connectivity index (χ1n) is 4.22. The predicted octanol–water partition coefficient (Wildman–Crippen LogP) is 1.68. The topological polar surface area (TPSA) is 26.3 Å². The maximum Gasteiger partial charge on any atom is 0.302 e. The molecule has 64 valence electrons. The van der Waals surface area contributed by atoms with Crippen molar-refractivity contribution in [3.05, 3.63) is 24.3 Å². The van der Waals surface area contributed by atoms with Crippen LogP contribution in [0.25, 0.3) is 0 Å². The van der Waals surface area contributed by atoms with Gasteiger partial charge in [0.15, 0.2) is 0 Å². The summed E-state index contributed by atoms with van der Waals surface area (Å²) in [6.07, 6.45) is 5.25. The average molecular weight is 164 g/mol. The highest BCUT2D eigenvalue weighted by molar-refractivity contribution is 5.66. The zero-order valence-electron chi connectivity index (χ0n) is 7.12. The van der Waals surface area contributed by atoms with Crippen LogP contribution < -0.4 is 0 Å². The van der Waals surface area contributed by atoms with Crippen molar-refractivity contribution in [1.82, 2.24) is 0 Å². The van der Waals surface area contributed by atoms with Crippen LogP contribution in [0.4, 0.5) is 0 Å². The molecule has 2 heteroatoms. The summed E-state index contributed by atoms with van der Waals surface area (Å²) in [5.41, 5.74) is 1.21. The molecule has 0 aromatic carbocycles. The molecule has 2 rings (SSSR count). The third kappa shape index (κ3) is 0.986. The minimum atomic E-state index is -0.186. The molecule has 2 bridgehead atoms. The molecule has 3 atom stereocenters. The fourth-order valence-electron chi connectivity index (χ4n) is 2.07. The van der Waals surface area contributed by atoms with Gasteiger partial charge < -0.3 is 4.74 Å². The Morgan fingerprint density at radius 3 is 2.83 bits per heavy atom. The minimum Gasteiger partial charge on any atom is -0.462 e. The second kappa shape index (κ2) is 2.47. The Morgan fingerprint density at radius 2 is 2.42 bits per heavy atom. The molecule has 0 N–H and O–H groups in total. The molecule has 1 saturated carbocycles. The third-order valence-corrected chi connectivity index (χ3v) is 2.66. The van der Waals surface area contributed by atoms with Crippen LogP contribution in [0.3, 0.4) is 0 Å². The van der Waals surface area contributed by atoms with Gasteiger partial charge in [0.1, 0.15) is 6.10 Å². The Morgan fingerprint density at radius 1 is 1.67 bits per heavy atom. The van der Waals surface area contributed by atoms with E-state index in [1.807, 2.05) is 0 Å². The van der Waals surface area contributed by atoms with Crippen LogP contribution in [0, 0.1) is 11.8 Å². The highest BCUT2D eigenvalue weighted by atomic mass is 16.5. The van der Waals surface area contributed by atoms with E-state index < -0.39 is 0 Å². The number of allylic oxidation sites excluding steroid dienone is 1. The zero-order chi connectivity index (χ0) is 8.72. The largest absolute Gasteiger partial charge is 0.462 e. The number of hydrogen-bond donors (Lipinski definition) is 0. The molecule has 2 aliphatic carbocycles. The summed E-state index contributed by atoms with van der Waals surface area (Å²) in [6, 6.07) is 0. The van der Waals surface area contributed by atoms with E-state index in [4.69, 9.17) is 4.74 Å². The first-order valence-corrected chi connectivity index (χ1v) is 4.22. The normalized spacial score (nSPS) is 37.4. The summed E-state index contributed by atoms with van der Waals surface area (Å²) in [7, 11) is 0. The lowest BCUT2D eigenvalue weighted by Crippen LogP contribution is -2.20. The number of carbonyl (C=O) groups is 1. The standard InChI is InChI=1S/C10H12O2/c1-6-8-3-4-9(6)10(5-8)12-7(2)11/h3-4,8-10H,1,5H2,2H3/t8-,9-,10+/m1/s1. The zero-order valence-corrected chi connectivity index (χ0v) is 7.12. The average Bonchev–Trinajstić information content (AvgIpc) is 2.44. The molecule has 0 heterocycles. The lowest BCUT2D eigenvalue weighted by molar-refractivity contribution is -0.147. The Labute approximate surface area is 71.9 Å².